The minimum atomic E-state index is -0.0833. The third kappa shape index (κ3) is 3.16. The number of aryl methyl sites for hydroxylation is 1. The Balaban J connectivity index is 2.30. The number of benzene rings is 2. The van der Waals surface area contributed by atoms with Crippen LogP contribution in [0.1, 0.15) is 21.5 Å². The van der Waals surface area contributed by atoms with Crippen LogP contribution in [0.4, 0.5) is 5.69 Å². The van der Waals surface area contributed by atoms with Crippen LogP contribution in [-0.2, 0) is 0 Å². The van der Waals surface area contributed by atoms with Gasteiger partial charge in [0.1, 0.15) is 11.5 Å². The molecule has 0 fully saturated rings. The smallest absolute Gasteiger partial charge is 0.253 e. The molecule has 4 nitrogen and oxygen atoms in total. The Morgan fingerprint density at radius 2 is 1.81 bits per heavy atom. The van der Waals surface area contributed by atoms with Crippen molar-refractivity contribution in [3.05, 3.63) is 53.1 Å². The van der Waals surface area contributed by atoms with Gasteiger partial charge in [-0.2, -0.15) is 0 Å². The van der Waals surface area contributed by atoms with Crippen LogP contribution in [0.3, 0.4) is 0 Å². The van der Waals surface area contributed by atoms with Crippen molar-refractivity contribution in [2.45, 2.75) is 13.8 Å². The molecule has 0 saturated carbocycles. The predicted octanol–water partition coefficient (Wildman–Crippen LogP) is 3.38. The van der Waals surface area contributed by atoms with E-state index in [9.17, 15) is 4.79 Å². The fourth-order valence-electron chi connectivity index (χ4n) is 1.99. The number of carbonyl (C=O) groups is 1. The van der Waals surface area contributed by atoms with E-state index in [1.54, 1.807) is 32.3 Å². The molecule has 21 heavy (non-hydrogen) atoms. The molecule has 0 spiro atoms. The van der Waals surface area contributed by atoms with Gasteiger partial charge in [0.15, 0.2) is 0 Å². The van der Waals surface area contributed by atoms with Crippen LogP contribution in [0.15, 0.2) is 36.4 Å². The largest absolute Gasteiger partial charge is 0.455 e. The SMILES string of the molecule is Cc1cccc(Oc2ccc(C(=O)N(C)C)cc2N)c1C. The van der Waals surface area contributed by atoms with Crippen LogP contribution in [0.25, 0.3) is 0 Å². The number of nitrogens with two attached hydrogens (primary N) is 1. The summed E-state index contributed by atoms with van der Waals surface area (Å²) in [5.41, 5.74) is 9.23. The maximum Gasteiger partial charge on any atom is 0.253 e. The molecule has 4 heteroatoms. The Bertz CT molecular complexity index is 678. The molecule has 0 aromatic heterocycles. The summed E-state index contributed by atoms with van der Waals surface area (Å²) in [6.45, 7) is 4.04. The molecule has 2 aromatic rings. The standard InChI is InChI=1S/C17H20N2O2/c1-11-6-5-7-15(12(11)2)21-16-9-8-13(10-14(16)18)17(20)19(3)4/h5-10H,18H2,1-4H3. The van der Waals surface area contributed by atoms with Crippen molar-refractivity contribution >= 4 is 11.6 Å². The van der Waals surface area contributed by atoms with E-state index in [0.717, 1.165) is 16.9 Å². The molecular formula is C17H20N2O2. The van der Waals surface area contributed by atoms with E-state index in [-0.39, 0.29) is 5.91 Å². The number of carbonyl (C=O) groups excluding carboxylic acids is 1. The predicted molar refractivity (Wildman–Crippen MR) is 84.9 cm³/mol. The number of nitrogens with zero attached hydrogens (tertiary/aromatic N) is 1. The molecule has 0 radical (unpaired) electrons. The fraction of sp³-hybridized carbons (Fsp3) is 0.235. The molecule has 2 rings (SSSR count). The maximum absolute atomic E-state index is 11.9. The van der Waals surface area contributed by atoms with Gasteiger partial charge >= 0.3 is 0 Å². The monoisotopic (exact) mass is 284 g/mol. The zero-order chi connectivity index (χ0) is 15.6. The van der Waals surface area contributed by atoms with Gasteiger partial charge in [0, 0.05) is 19.7 Å². The highest BCUT2D eigenvalue weighted by atomic mass is 16.5. The van der Waals surface area contributed by atoms with E-state index in [1.807, 2.05) is 32.0 Å². The third-order valence-electron chi connectivity index (χ3n) is 3.44. The lowest BCUT2D eigenvalue weighted by atomic mass is 10.1. The van der Waals surface area contributed by atoms with Gasteiger partial charge in [-0.15, -0.1) is 0 Å². The molecule has 0 atom stereocenters. The van der Waals surface area contributed by atoms with Crippen LogP contribution in [0, 0.1) is 13.8 Å². The van der Waals surface area contributed by atoms with Crippen molar-refractivity contribution in [2.24, 2.45) is 0 Å². The Hall–Kier alpha value is -2.49. The molecule has 0 aliphatic carbocycles. The molecule has 0 unspecified atom stereocenters. The van der Waals surface area contributed by atoms with Gasteiger partial charge < -0.3 is 15.4 Å². The van der Waals surface area contributed by atoms with Gasteiger partial charge in [-0.05, 0) is 49.2 Å². The van der Waals surface area contributed by atoms with Gasteiger partial charge in [0.2, 0.25) is 0 Å². The summed E-state index contributed by atoms with van der Waals surface area (Å²) >= 11 is 0. The first-order valence-electron chi connectivity index (χ1n) is 6.75. The van der Waals surface area contributed by atoms with E-state index >= 15 is 0 Å². The molecule has 0 aliphatic heterocycles. The molecule has 0 aliphatic rings. The minimum absolute atomic E-state index is 0.0833. The molecule has 2 N–H and O–H groups in total. The average molecular weight is 284 g/mol. The van der Waals surface area contributed by atoms with Crippen LogP contribution in [0.2, 0.25) is 0 Å². The van der Waals surface area contributed by atoms with Crippen molar-refractivity contribution < 1.29 is 9.53 Å². The van der Waals surface area contributed by atoms with Gasteiger partial charge in [0.05, 0.1) is 5.69 Å². The normalized spacial score (nSPS) is 10.3. The molecule has 1 amide bonds. The summed E-state index contributed by atoms with van der Waals surface area (Å²) in [5.74, 6) is 1.24. The van der Waals surface area contributed by atoms with Crippen LogP contribution in [-0.4, -0.2) is 24.9 Å². The Morgan fingerprint density at radius 3 is 2.43 bits per heavy atom. The Kier molecular flexibility index (Phi) is 4.17. The number of ether oxygens (including phenoxy) is 1. The van der Waals surface area contributed by atoms with Gasteiger partial charge in [0.25, 0.3) is 5.91 Å². The van der Waals surface area contributed by atoms with Crippen molar-refractivity contribution in [1.82, 2.24) is 4.90 Å². The van der Waals surface area contributed by atoms with E-state index in [1.165, 1.54) is 4.90 Å². The first-order chi connectivity index (χ1) is 9.90. The first kappa shape index (κ1) is 14.9. The topological polar surface area (TPSA) is 55.6 Å². The zero-order valence-corrected chi connectivity index (χ0v) is 12.8. The highest BCUT2D eigenvalue weighted by Gasteiger charge is 2.12. The highest BCUT2D eigenvalue weighted by Crippen LogP contribution is 2.31. The lowest BCUT2D eigenvalue weighted by Gasteiger charge is -2.14. The van der Waals surface area contributed by atoms with Crippen molar-refractivity contribution in [1.29, 1.82) is 0 Å². The summed E-state index contributed by atoms with van der Waals surface area (Å²) in [5, 5.41) is 0. The summed E-state index contributed by atoms with van der Waals surface area (Å²) in [4.78, 5) is 13.4. The van der Waals surface area contributed by atoms with Gasteiger partial charge in [-0.1, -0.05) is 12.1 Å². The fourth-order valence-corrected chi connectivity index (χ4v) is 1.99. The van der Waals surface area contributed by atoms with Gasteiger partial charge in [-0.3, -0.25) is 4.79 Å². The molecule has 0 bridgehead atoms. The molecule has 0 saturated heterocycles. The molecule has 0 heterocycles. The summed E-state index contributed by atoms with van der Waals surface area (Å²) in [6, 6.07) is 11.0. The Morgan fingerprint density at radius 1 is 1.10 bits per heavy atom. The highest BCUT2D eigenvalue weighted by molar-refractivity contribution is 5.95. The second-order valence-electron chi connectivity index (χ2n) is 5.25. The lowest BCUT2D eigenvalue weighted by molar-refractivity contribution is 0.0827. The van der Waals surface area contributed by atoms with Crippen molar-refractivity contribution in [3.63, 3.8) is 0 Å². The third-order valence-corrected chi connectivity index (χ3v) is 3.44. The second-order valence-corrected chi connectivity index (χ2v) is 5.25. The Labute approximate surface area is 125 Å². The number of hydrogen-bond donors (Lipinski definition) is 1. The quantitative estimate of drug-likeness (QED) is 0.879. The van der Waals surface area contributed by atoms with Crippen molar-refractivity contribution in [2.75, 3.05) is 19.8 Å². The first-order valence-corrected chi connectivity index (χ1v) is 6.75. The van der Waals surface area contributed by atoms with E-state index in [2.05, 4.69) is 0 Å². The van der Waals surface area contributed by atoms with Crippen LogP contribution in [0.5, 0.6) is 11.5 Å². The number of nitrogen functional groups attached to an aromatic ring is 1. The molecule has 2 aromatic carbocycles. The summed E-state index contributed by atoms with van der Waals surface area (Å²) in [7, 11) is 3.41. The van der Waals surface area contributed by atoms with Crippen molar-refractivity contribution in [3.8, 4) is 11.5 Å². The van der Waals surface area contributed by atoms with Crippen LogP contribution >= 0.6 is 0 Å². The maximum atomic E-state index is 11.9. The van der Waals surface area contributed by atoms with E-state index < -0.39 is 0 Å². The number of rotatable bonds is 3. The second kappa shape index (κ2) is 5.87. The lowest BCUT2D eigenvalue weighted by Crippen LogP contribution is -2.21. The van der Waals surface area contributed by atoms with Crippen LogP contribution < -0.4 is 10.5 Å². The van der Waals surface area contributed by atoms with E-state index in [4.69, 9.17) is 10.5 Å². The van der Waals surface area contributed by atoms with E-state index in [0.29, 0.717) is 17.0 Å². The van der Waals surface area contributed by atoms with Gasteiger partial charge in [-0.25, -0.2) is 0 Å². The number of anilines is 1. The number of hydrogen-bond acceptors (Lipinski definition) is 3. The minimum Gasteiger partial charge on any atom is -0.455 e. The molecular weight excluding hydrogens is 264 g/mol. The average Bonchev–Trinajstić information content (AvgIpc) is 2.44. The summed E-state index contributed by atoms with van der Waals surface area (Å²) < 4.78 is 5.87. The zero-order valence-electron chi connectivity index (χ0n) is 12.8. The molecule has 110 valence electrons. The number of amides is 1. The summed E-state index contributed by atoms with van der Waals surface area (Å²) in [6.07, 6.45) is 0.